The molecule has 24 heavy (non-hydrogen) atoms. The van der Waals surface area contributed by atoms with Crippen LogP contribution in [0.2, 0.25) is 0 Å². The number of amides is 1. The number of carbonyl (C=O) groups excluding carboxylic acids is 1. The molecule has 3 rings (SSSR count). The van der Waals surface area contributed by atoms with Crippen LogP contribution >= 0.6 is 11.3 Å². The zero-order chi connectivity index (χ0) is 17.3. The highest BCUT2D eigenvalue weighted by Crippen LogP contribution is 2.27. The number of carbonyl (C=O) groups is 1. The molecule has 124 valence electrons. The van der Waals surface area contributed by atoms with Crippen LogP contribution in [0.5, 0.6) is 0 Å². The first-order valence-electron chi connectivity index (χ1n) is 7.40. The molecular formula is C17H16N2O3S2. The summed E-state index contributed by atoms with van der Waals surface area (Å²) in [5.74, 6) is -0.381. The maximum absolute atomic E-state index is 12.4. The molecule has 1 N–H and O–H groups in total. The number of nitrogens with zero attached hydrogens (tertiary/aromatic N) is 1. The Bertz CT molecular complexity index is 1020. The Labute approximate surface area is 144 Å². The molecule has 5 nitrogen and oxygen atoms in total. The van der Waals surface area contributed by atoms with Gasteiger partial charge in [-0.1, -0.05) is 30.4 Å². The van der Waals surface area contributed by atoms with E-state index in [1.54, 1.807) is 19.1 Å². The molecule has 0 saturated heterocycles. The van der Waals surface area contributed by atoms with E-state index < -0.39 is 9.84 Å². The molecule has 0 bridgehead atoms. The molecule has 0 aliphatic rings. The second-order valence-corrected chi connectivity index (χ2v) is 8.68. The molecule has 3 aromatic rings. The first-order valence-corrected chi connectivity index (χ1v) is 9.87. The Morgan fingerprint density at radius 3 is 2.75 bits per heavy atom. The van der Waals surface area contributed by atoms with Crippen molar-refractivity contribution in [3.8, 4) is 0 Å². The summed E-state index contributed by atoms with van der Waals surface area (Å²) in [4.78, 5) is 16.9. The zero-order valence-electron chi connectivity index (χ0n) is 13.2. The van der Waals surface area contributed by atoms with Crippen LogP contribution in [0.25, 0.3) is 10.2 Å². The third-order valence-corrected chi connectivity index (χ3v) is 6.27. The molecule has 0 radical (unpaired) electrons. The van der Waals surface area contributed by atoms with Crippen molar-refractivity contribution in [1.82, 2.24) is 4.98 Å². The maximum Gasteiger partial charge on any atom is 0.257 e. The summed E-state index contributed by atoms with van der Waals surface area (Å²) in [6.07, 6.45) is 0. The van der Waals surface area contributed by atoms with E-state index >= 15 is 0 Å². The van der Waals surface area contributed by atoms with Crippen molar-refractivity contribution >= 4 is 42.4 Å². The monoisotopic (exact) mass is 360 g/mol. The van der Waals surface area contributed by atoms with Crippen molar-refractivity contribution in [2.45, 2.75) is 18.7 Å². The first kappa shape index (κ1) is 16.6. The topological polar surface area (TPSA) is 76.1 Å². The smallest absolute Gasteiger partial charge is 0.257 e. The summed E-state index contributed by atoms with van der Waals surface area (Å²) in [5.41, 5.74) is 2.24. The van der Waals surface area contributed by atoms with Crippen LogP contribution in [0.4, 0.5) is 5.13 Å². The van der Waals surface area contributed by atoms with Gasteiger partial charge >= 0.3 is 0 Å². The summed E-state index contributed by atoms with van der Waals surface area (Å²) in [6.45, 7) is 3.57. The van der Waals surface area contributed by atoms with Gasteiger partial charge in [-0.15, -0.1) is 0 Å². The van der Waals surface area contributed by atoms with Crippen molar-refractivity contribution in [1.29, 1.82) is 0 Å². The molecule has 0 aliphatic carbocycles. The number of nitrogens with one attached hydrogen (secondary N) is 1. The SMILES string of the molecule is CCS(=O)(=O)c1cccc(C(=O)Nc2nc3ccc(C)cc3s2)c1. The first-order chi connectivity index (χ1) is 11.4. The number of thiazole rings is 1. The van der Waals surface area contributed by atoms with Gasteiger partial charge in [-0.05, 0) is 42.8 Å². The number of rotatable bonds is 4. The summed E-state index contributed by atoms with van der Waals surface area (Å²) in [7, 11) is -3.35. The minimum Gasteiger partial charge on any atom is -0.298 e. The molecule has 2 aromatic carbocycles. The highest BCUT2D eigenvalue weighted by Gasteiger charge is 2.15. The number of anilines is 1. The number of hydrogen-bond acceptors (Lipinski definition) is 5. The third-order valence-electron chi connectivity index (χ3n) is 3.60. The molecule has 1 heterocycles. The Hall–Kier alpha value is -2.25. The van der Waals surface area contributed by atoms with Gasteiger partial charge < -0.3 is 0 Å². The fourth-order valence-electron chi connectivity index (χ4n) is 2.25. The minimum absolute atomic E-state index is 0.00467. The summed E-state index contributed by atoms with van der Waals surface area (Å²) in [6, 6.07) is 11.9. The normalized spacial score (nSPS) is 11.6. The van der Waals surface area contributed by atoms with Gasteiger partial charge in [-0.25, -0.2) is 13.4 Å². The van der Waals surface area contributed by atoms with Crippen molar-refractivity contribution < 1.29 is 13.2 Å². The van der Waals surface area contributed by atoms with Crippen LogP contribution in [-0.4, -0.2) is 25.1 Å². The van der Waals surface area contributed by atoms with Crippen molar-refractivity contribution in [2.75, 3.05) is 11.1 Å². The molecule has 7 heteroatoms. The van der Waals surface area contributed by atoms with Crippen molar-refractivity contribution in [2.24, 2.45) is 0 Å². The average Bonchev–Trinajstić information content (AvgIpc) is 2.96. The van der Waals surface area contributed by atoms with E-state index in [0.29, 0.717) is 10.7 Å². The molecule has 1 aromatic heterocycles. The zero-order valence-corrected chi connectivity index (χ0v) is 14.9. The summed E-state index contributed by atoms with van der Waals surface area (Å²) in [5, 5.41) is 3.23. The van der Waals surface area contributed by atoms with Gasteiger partial charge in [-0.3, -0.25) is 10.1 Å². The predicted molar refractivity (Wildman–Crippen MR) is 96.5 cm³/mol. The van der Waals surface area contributed by atoms with Crippen LogP contribution in [-0.2, 0) is 9.84 Å². The number of aryl methyl sites for hydroxylation is 1. The second kappa shape index (κ2) is 6.33. The van der Waals surface area contributed by atoms with Gasteiger partial charge in [0.25, 0.3) is 5.91 Å². The second-order valence-electron chi connectivity index (χ2n) is 5.38. The van der Waals surface area contributed by atoms with Gasteiger partial charge in [0.05, 0.1) is 20.9 Å². The predicted octanol–water partition coefficient (Wildman–Crippen LogP) is 3.65. The van der Waals surface area contributed by atoms with Gasteiger partial charge in [0.2, 0.25) is 0 Å². The van der Waals surface area contributed by atoms with E-state index in [9.17, 15) is 13.2 Å². The Morgan fingerprint density at radius 2 is 2.00 bits per heavy atom. The number of hydrogen-bond donors (Lipinski definition) is 1. The lowest BCUT2D eigenvalue weighted by Gasteiger charge is -2.05. The molecule has 1 amide bonds. The van der Waals surface area contributed by atoms with E-state index in [-0.39, 0.29) is 16.6 Å². The lowest BCUT2D eigenvalue weighted by atomic mass is 10.2. The fourth-order valence-corrected chi connectivity index (χ4v) is 4.14. The standard InChI is InChI=1S/C17H16N2O3S2/c1-3-24(21,22)13-6-4-5-12(10-13)16(20)19-17-18-14-8-7-11(2)9-15(14)23-17/h4-10H,3H2,1-2H3,(H,18,19,20). The highest BCUT2D eigenvalue weighted by molar-refractivity contribution is 7.91. The van der Waals surface area contributed by atoms with Crippen molar-refractivity contribution in [3.05, 3.63) is 53.6 Å². The summed E-state index contributed by atoms with van der Waals surface area (Å²) < 4.78 is 24.9. The molecule has 0 unspecified atom stereocenters. The number of aromatic nitrogens is 1. The van der Waals surface area contributed by atoms with E-state index in [0.717, 1.165) is 15.8 Å². The fraction of sp³-hybridized carbons (Fsp3) is 0.176. The van der Waals surface area contributed by atoms with Crippen LogP contribution < -0.4 is 5.32 Å². The van der Waals surface area contributed by atoms with Gasteiger partial charge in [0, 0.05) is 5.56 Å². The Balaban J connectivity index is 1.87. The molecule has 0 aliphatic heterocycles. The lowest BCUT2D eigenvalue weighted by molar-refractivity contribution is 0.102. The van der Waals surface area contributed by atoms with Crippen LogP contribution in [0.1, 0.15) is 22.8 Å². The minimum atomic E-state index is -3.35. The molecule has 0 fully saturated rings. The lowest BCUT2D eigenvalue weighted by Crippen LogP contribution is -2.13. The number of sulfone groups is 1. The number of benzene rings is 2. The van der Waals surface area contributed by atoms with Crippen LogP contribution in [0.3, 0.4) is 0 Å². The molecule has 0 atom stereocenters. The molecule has 0 spiro atoms. The van der Waals surface area contributed by atoms with Crippen LogP contribution in [0.15, 0.2) is 47.4 Å². The van der Waals surface area contributed by atoms with E-state index in [1.165, 1.54) is 23.5 Å². The number of fused-ring (bicyclic) bond motifs is 1. The Kier molecular flexibility index (Phi) is 4.38. The Morgan fingerprint density at radius 1 is 1.21 bits per heavy atom. The summed E-state index contributed by atoms with van der Waals surface area (Å²) >= 11 is 1.39. The van der Waals surface area contributed by atoms with E-state index in [4.69, 9.17) is 0 Å². The van der Waals surface area contributed by atoms with E-state index in [2.05, 4.69) is 10.3 Å². The third kappa shape index (κ3) is 3.32. The van der Waals surface area contributed by atoms with Gasteiger partial charge in [0.1, 0.15) is 0 Å². The average molecular weight is 360 g/mol. The van der Waals surface area contributed by atoms with Gasteiger partial charge in [0.15, 0.2) is 15.0 Å². The largest absolute Gasteiger partial charge is 0.298 e. The van der Waals surface area contributed by atoms with E-state index in [1.807, 2.05) is 25.1 Å². The molecule has 0 saturated carbocycles. The van der Waals surface area contributed by atoms with Crippen molar-refractivity contribution in [3.63, 3.8) is 0 Å². The highest BCUT2D eigenvalue weighted by atomic mass is 32.2. The quantitative estimate of drug-likeness (QED) is 0.770. The molecular weight excluding hydrogens is 344 g/mol. The maximum atomic E-state index is 12.4. The van der Waals surface area contributed by atoms with Crippen LogP contribution in [0, 0.1) is 6.92 Å². The van der Waals surface area contributed by atoms with Gasteiger partial charge in [-0.2, -0.15) is 0 Å².